The number of aromatic nitrogens is 2. The van der Waals surface area contributed by atoms with Crippen LogP contribution in [0.3, 0.4) is 0 Å². The molecule has 0 spiro atoms. The van der Waals surface area contributed by atoms with Crippen molar-refractivity contribution >= 4 is 46.2 Å². The molecule has 0 aliphatic carbocycles. The monoisotopic (exact) mass is 374 g/mol. The van der Waals surface area contributed by atoms with E-state index >= 15 is 0 Å². The van der Waals surface area contributed by atoms with Gasteiger partial charge in [0.1, 0.15) is 0 Å². The van der Waals surface area contributed by atoms with Crippen molar-refractivity contribution in [3.05, 3.63) is 33.4 Å². The fraction of sp³-hybridized carbons (Fsp3) is 0.286. The molecule has 0 bridgehead atoms. The number of benzene rings is 1. The minimum atomic E-state index is 0.240. The van der Waals surface area contributed by atoms with Crippen LogP contribution in [0.1, 0.15) is 0 Å². The predicted molar refractivity (Wildman–Crippen MR) is 91.0 cm³/mol. The lowest BCUT2D eigenvalue weighted by atomic mass is 10.3. The average molecular weight is 376 g/mol. The SMILES string of the molecule is Nc1cc(Cl)c(Oc2cc(N3CCOCC3)c(Cl)nn2)c(Cl)c1. The molecule has 1 fully saturated rings. The van der Waals surface area contributed by atoms with Gasteiger partial charge in [0.05, 0.1) is 28.9 Å². The van der Waals surface area contributed by atoms with Crippen LogP contribution in [-0.2, 0) is 4.74 Å². The summed E-state index contributed by atoms with van der Waals surface area (Å²) in [7, 11) is 0. The maximum Gasteiger partial charge on any atom is 0.241 e. The van der Waals surface area contributed by atoms with Crippen LogP contribution in [0.15, 0.2) is 18.2 Å². The first-order valence-electron chi connectivity index (χ1n) is 6.83. The second kappa shape index (κ2) is 6.97. The van der Waals surface area contributed by atoms with Gasteiger partial charge in [-0.3, -0.25) is 0 Å². The largest absolute Gasteiger partial charge is 0.434 e. The zero-order valence-corrected chi connectivity index (χ0v) is 14.2. The summed E-state index contributed by atoms with van der Waals surface area (Å²) >= 11 is 18.4. The summed E-state index contributed by atoms with van der Waals surface area (Å²) in [4.78, 5) is 2.06. The van der Waals surface area contributed by atoms with Crippen molar-refractivity contribution in [1.82, 2.24) is 10.2 Å². The topological polar surface area (TPSA) is 73.5 Å². The Kier molecular flexibility index (Phi) is 4.96. The van der Waals surface area contributed by atoms with Gasteiger partial charge in [0.15, 0.2) is 10.9 Å². The molecule has 1 aliphatic heterocycles. The Morgan fingerprint density at radius 3 is 2.35 bits per heavy atom. The zero-order valence-electron chi connectivity index (χ0n) is 11.9. The second-order valence-electron chi connectivity index (χ2n) is 4.87. The molecule has 122 valence electrons. The van der Waals surface area contributed by atoms with Crippen molar-refractivity contribution in [3.63, 3.8) is 0 Å². The van der Waals surface area contributed by atoms with Gasteiger partial charge in [-0.25, -0.2) is 0 Å². The van der Waals surface area contributed by atoms with E-state index in [1.54, 1.807) is 18.2 Å². The minimum Gasteiger partial charge on any atom is -0.434 e. The lowest BCUT2D eigenvalue weighted by Crippen LogP contribution is -2.36. The van der Waals surface area contributed by atoms with Crippen LogP contribution in [0.5, 0.6) is 11.6 Å². The Morgan fingerprint density at radius 1 is 1.04 bits per heavy atom. The van der Waals surface area contributed by atoms with E-state index < -0.39 is 0 Å². The van der Waals surface area contributed by atoms with Gasteiger partial charge in [-0.15, -0.1) is 10.2 Å². The van der Waals surface area contributed by atoms with Gasteiger partial charge in [-0.05, 0) is 12.1 Å². The maximum atomic E-state index is 6.14. The fourth-order valence-electron chi connectivity index (χ4n) is 2.21. The van der Waals surface area contributed by atoms with E-state index in [1.165, 1.54) is 0 Å². The van der Waals surface area contributed by atoms with E-state index in [2.05, 4.69) is 15.1 Å². The lowest BCUT2D eigenvalue weighted by Gasteiger charge is -2.29. The molecule has 1 aromatic carbocycles. The predicted octanol–water partition coefficient (Wildman–Crippen LogP) is 3.65. The van der Waals surface area contributed by atoms with Gasteiger partial charge in [-0.2, -0.15) is 0 Å². The first-order valence-corrected chi connectivity index (χ1v) is 7.96. The number of nitrogen functional groups attached to an aromatic ring is 1. The molecule has 0 saturated carbocycles. The zero-order chi connectivity index (χ0) is 16.4. The van der Waals surface area contributed by atoms with E-state index in [9.17, 15) is 0 Å². The molecular formula is C14H13Cl3N4O2. The summed E-state index contributed by atoms with van der Waals surface area (Å²) < 4.78 is 11.0. The lowest BCUT2D eigenvalue weighted by molar-refractivity contribution is 0.122. The van der Waals surface area contributed by atoms with Crippen LogP contribution in [-0.4, -0.2) is 36.5 Å². The van der Waals surface area contributed by atoms with E-state index in [-0.39, 0.29) is 11.6 Å². The first-order chi connectivity index (χ1) is 11.0. The molecule has 1 aliphatic rings. The van der Waals surface area contributed by atoms with E-state index in [0.29, 0.717) is 47.2 Å². The Bertz CT molecular complexity index is 700. The third kappa shape index (κ3) is 3.72. The van der Waals surface area contributed by atoms with E-state index in [1.807, 2.05) is 0 Å². The molecule has 0 unspecified atom stereocenters. The Morgan fingerprint density at radius 2 is 1.70 bits per heavy atom. The van der Waals surface area contributed by atoms with Crippen molar-refractivity contribution in [2.24, 2.45) is 0 Å². The van der Waals surface area contributed by atoms with Crippen molar-refractivity contribution in [1.29, 1.82) is 0 Å². The summed E-state index contributed by atoms with van der Waals surface area (Å²) in [5, 5.41) is 8.73. The van der Waals surface area contributed by atoms with Gasteiger partial charge in [-0.1, -0.05) is 34.8 Å². The Balaban J connectivity index is 1.89. The van der Waals surface area contributed by atoms with Crippen molar-refractivity contribution in [2.45, 2.75) is 0 Å². The summed E-state index contributed by atoms with van der Waals surface area (Å²) in [5.41, 5.74) is 6.85. The molecular weight excluding hydrogens is 363 g/mol. The smallest absolute Gasteiger partial charge is 0.241 e. The Hall–Kier alpha value is -1.47. The number of morpholine rings is 1. The fourth-order valence-corrected chi connectivity index (χ4v) is 3.00. The van der Waals surface area contributed by atoms with Crippen LogP contribution in [0.25, 0.3) is 0 Å². The summed E-state index contributed by atoms with van der Waals surface area (Å²) in [6, 6.07) is 4.80. The van der Waals surface area contributed by atoms with Gasteiger partial charge in [0.25, 0.3) is 0 Å². The molecule has 6 nitrogen and oxygen atoms in total. The molecule has 9 heteroatoms. The highest BCUT2D eigenvalue weighted by molar-refractivity contribution is 6.37. The van der Waals surface area contributed by atoms with Crippen molar-refractivity contribution < 1.29 is 9.47 Å². The molecule has 2 aromatic rings. The van der Waals surface area contributed by atoms with Gasteiger partial charge < -0.3 is 20.1 Å². The van der Waals surface area contributed by atoms with Crippen LogP contribution >= 0.6 is 34.8 Å². The minimum absolute atomic E-state index is 0.240. The number of halogens is 3. The second-order valence-corrected chi connectivity index (χ2v) is 6.05. The maximum absolute atomic E-state index is 6.14. The quantitative estimate of drug-likeness (QED) is 0.826. The third-order valence-corrected chi connectivity index (χ3v) is 4.12. The van der Waals surface area contributed by atoms with Gasteiger partial charge >= 0.3 is 0 Å². The summed E-state index contributed by atoms with van der Waals surface area (Å²) in [6.07, 6.45) is 0. The highest BCUT2D eigenvalue weighted by Gasteiger charge is 2.18. The van der Waals surface area contributed by atoms with E-state index in [0.717, 1.165) is 5.69 Å². The number of nitrogens with zero attached hydrogens (tertiary/aromatic N) is 3. The number of anilines is 2. The third-order valence-electron chi connectivity index (χ3n) is 3.29. The molecule has 0 radical (unpaired) electrons. The number of ether oxygens (including phenoxy) is 2. The number of rotatable bonds is 3. The molecule has 23 heavy (non-hydrogen) atoms. The number of nitrogens with two attached hydrogens (primary N) is 1. The number of hydrogen-bond acceptors (Lipinski definition) is 6. The summed E-state index contributed by atoms with van der Waals surface area (Å²) in [6.45, 7) is 2.69. The molecule has 1 aromatic heterocycles. The molecule has 3 rings (SSSR count). The molecule has 1 saturated heterocycles. The first kappa shape index (κ1) is 16.4. The van der Waals surface area contributed by atoms with Gasteiger partial charge in [0.2, 0.25) is 5.88 Å². The van der Waals surface area contributed by atoms with Crippen molar-refractivity contribution in [2.75, 3.05) is 36.9 Å². The normalized spacial score (nSPS) is 14.8. The van der Waals surface area contributed by atoms with E-state index in [4.69, 9.17) is 50.0 Å². The van der Waals surface area contributed by atoms with Crippen LogP contribution in [0.4, 0.5) is 11.4 Å². The summed E-state index contributed by atoms with van der Waals surface area (Å²) in [5.74, 6) is 0.511. The highest BCUT2D eigenvalue weighted by atomic mass is 35.5. The van der Waals surface area contributed by atoms with Gasteiger partial charge in [0, 0.05) is 24.8 Å². The number of hydrogen-bond donors (Lipinski definition) is 1. The van der Waals surface area contributed by atoms with Crippen LogP contribution < -0.4 is 15.4 Å². The molecule has 2 heterocycles. The molecule has 0 atom stereocenters. The average Bonchev–Trinajstić information content (AvgIpc) is 2.53. The van der Waals surface area contributed by atoms with Crippen LogP contribution in [0, 0.1) is 0 Å². The molecule has 2 N–H and O–H groups in total. The standard InChI is InChI=1S/C14H13Cl3N4O2/c15-9-5-8(18)6-10(16)13(9)23-12-7-11(14(17)20-19-12)21-1-3-22-4-2-21/h5-7H,1-4,18H2. The highest BCUT2D eigenvalue weighted by Crippen LogP contribution is 2.38. The molecule has 0 amide bonds. The van der Waals surface area contributed by atoms with Crippen molar-refractivity contribution in [3.8, 4) is 11.6 Å². The van der Waals surface area contributed by atoms with Crippen LogP contribution in [0.2, 0.25) is 15.2 Å². The Labute approximate surface area is 148 Å².